The Morgan fingerprint density at radius 3 is 2.59 bits per heavy atom. The molecule has 3 rings (SSSR count). The highest BCUT2D eigenvalue weighted by Gasteiger charge is 2.30. The molecular formula is C22H22F3N5O2. The Balaban J connectivity index is 1.74. The van der Waals surface area contributed by atoms with Gasteiger partial charge in [0.15, 0.2) is 0 Å². The number of aliphatic imine (C=N–C) groups is 1. The molecule has 168 valence electrons. The van der Waals surface area contributed by atoms with Crippen LogP contribution in [0.2, 0.25) is 0 Å². The number of halogens is 3. The molecule has 0 aliphatic carbocycles. The number of hydrogen-bond acceptors (Lipinski definition) is 4. The molecule has 0 fully saturated rings. The number of rotatable bonds is 7. The standard InChI is InChI=1S/C22H22F3N5O2/c1-32-9-8-27-12-15(11-26)14-2-7-19-18(10-14)20(13-28-19)30-21(31)29-17-5-3-16(4-6-17)22(23,24)25/h2-7,10-13,28H,8-9,26H2,1H3,(H2,29,30,31)/b15-11+,27-12?. The van der Waals surface area contributed by atoms with Gasteiger partial charge < -0.3 is 26.1 Å². The van der Waals surface area contributed by atoms with Crippen LogP contribution in [0.3, 0.4) is 0 Å². The van der Waals surface area contributed by atoms with Gasteiger partial charge >= 0.3 is 12.2 Å². The van der Waals surface area contributed by atoms with E-state index in [1.165, 1.54) is 18.3 Å². The third kappa shape index (κ3) is 5.67. The lowest BCUT2D eigenvalue weighted by Gasteiger charge is -2.10. The molecule has 0 aliphatic rings. The normalized spacial score (nSPS) is 12.4. The first-order chi connectivity index (χ1) is 15.3. The summed E-state index contributed by atoms with van der Waals surface area (Å²) in [6, 6.07) is 9.16. The fraction of sp³-hybridized carbons (Fsp3) is 0.182. The minimum Gasteiger partial charge on any atom is -0.404 e. The summed E-state index contributed by atoms with van der Waals surface area (Å²) >= 11 is 0. The van der Waals surface area contributed by atoms with Gasteiger partial charge in [0.1, 0.15) is 0 Å². The number of ether oxygens (including phenoxy) is 1. The highest BCUT2D eigenvalue weighted by Crippen LogP contribution is 2.30. The van der Waals surface area contributed by atoms with Crippen molar-refractivity contribution < 1.29 is 22.7 Å². The Hall–Kier alpha value is -3.79. The lowest BCUT2D eigenvalue weighted by atomic mass is 10.1. The molecule has 1 heterocycles. The van der Waals surface area contributed by atoms with Crippen LogP contribution < -0.4 is 16.4 Å². The molecule has 10 heteroatoms. The van der Waals surface area contributed by atoms with Crippen molar-refractivity contribution in [3.05, 3.63) is 66.0 Å². The van der Waals surface area contributed by atoms with E-state index in [-0.39, 0.29) is 5.69 Å². The molecule has 0 spiro atoms. The van der Waals surface area contributed by atoms with E-state index in [0.717, 1.165) is 28.6 Å². The monoisotopic (exact) mass is 445 g/mol. The smallest absolute Gasteiger partial charge is 0.404 e. The number of aromatic amines is 1. The number of carbonyl (C=O) groups is 1. The summed E-state index contributed by atoms with van der Waals surface area (Å²) in [5.41, 5.74) is 7.96. The Labute approximate surface area is 182 Å². The quantitative estimate of drug-likeness (QED) is 0.309. The van der Waals surface area contributed by atoms with E-state index in [2.05, 4.69) is 20.6 Å². The van der Waals surface area contributed by atoms with Crippen LogP contribution >= 0.6 is 0 Å². The van der Waals surface area contributed by atoms with Crippen molar-refractivity contribution in [2.24, 2.45) is 10.7 Å². The number of nitrogens with one attached hydrogen (secondary N) is 3. The zero-order chi connectivity index (χ0) is 23.1. The largest absolute Gasteiger partial charge is 0.416 e. The summed E-state index contributed by atoms with van der Waals surface area (Å²) < 4.78 is 43.0. The highest BCUT2D eigenvalue weighted by atomic mass is 19.4. The van der Waals surface area contributed by atoms with Crippen molar-refractivity contribution in [1.29, 1.82) is 0 Å². The van der Waals surface area contributed by atoms with Gasteiger partial charge in [0.05, 0.1) is 24.4 Å². The molecule has 0 saturated heterocycles. The molecule has 0 bridgehead atoms. The van der Waals surface area contributed by atoms with E-state index in [9.17, 15) is 18.0 Å². The first-order valence-electron chi connectivity index (χ1n) is 9.59. The van der Waals surface area contributed by atoms with Crippen LogP contribution in [0, 0.1) is 0 Å². The van der Waals surface area contributed by atoms with Gasteiger partial charge in [0.2, 0.25) is 0 Å². The Morgan fingerprint density at radius 1 is 1.19 bits per heavy atom. The number of fused-ring (bicyclic) bond motifs is 1. The Bertz CT molecular complexity index is 1130. The number of nitrogens with zero attached hydrogens (tertiary/aromatic N) is 1. The lowest BCUT2D eigenvalue weighted by molar-refractivity contribution is -0.137. The Morgan fingerprint density at radius 2 is 1.94 bits per heavy atom. The van der Waals surface area contributed by atoms with Gasteiger partial charge in [0.25, 0.3) is 0 Å². The van der Waals surface area contributed by atoms with Crippen LogP contribution in [-0.4, -0.2) is 37.5 Å². The molecule has 0 radical (unpaired) electrons. The van der Waals surface area contributed by atoms with Crippen LogP contribution in [0.25, 0.3) is 16.5 Å². The van der Waals surface area contributed by atoms with Crippen LogP contribution in [0.15, 0.2) is 59.9 Å². The minimum absolute atomic E-state index is 0.233. The summed E-state index contributed by atoms with van der Waals surface area (Å²) in [5.74, 6) is 0. The van der Waals surface area contributed by atoms with E-state index >= 15 is 0 Å². The summed E-state index contributed by atoms with van der Waals surface area (Å²) in [5, 5.41) is 5.95. The van der Waals surface area contributed by atoms with Crippen LogP contribution in [0.1, 0.15) is 11.1 Å². The van der Waals surface area contributed by atoms with E-state index < -0.39 is 17.8 Å². The molecule has 2 aromatic carbocycles. The minimum atomic E-state index is -4.44. The average Bonchev–Trinajstić information content (AvgIpc) is 3.15. The average molecular weight is 445 g/mol. The van der Waals surface area contributed by atoms with Crippen molar-refractivity contribution in [2.75, 3.05) is 30.9 Å². The summed E-state index contributed by atoms with van der Waals surface area (Å²) in [6.45, 7) is 0.991. The van der Waals surface area contributed by atoms with Gasteiger partial charge in [-0.3, -0.25) is 4.99 Å². The summed E-state index contributed by atoms with van der Waals surface area (Å²) in [4.78, 5) is 19.7. The van der Waals surface area contributed by atoms with Crippen LogP contribution in [0.5, 0.6) is 0 Å². The van der Waals surface area contributed by atoms with Crippen LogP contribution in [-0.2, 0) is 10.9 Å². The zero-order valence-corrected chi connectivity index (χ0v) is 17.2. The van der Waals surface area contributed by atoms with E-state index in [4.69, 9.17) is 10.5 Å². The number of anilines is 2. The number of urea groups is 1. The number of aromatic nitrogens is 1. The summed E-state index contributed by atoms with van der Waals surface area (Å²) in [7, 11) is 1.59. The van der Waals surface area contributed by atoms with Gasteiger partial charge in [-0.15, -0.1) is 0 Å². The molecule has 0 atom stereocenters. The number of carbonyl (C=O) groups excluding carboxylic acids is 1. The Kier molecular flexibility index (Phi) is 7.16. The topological polar surface area (TPSA) is 105 Å². The maximum absolute atomic E-state index is 12.7. The van der Waals surface area contributed by atoms with Crippen LogP contribution in [0.4, 0.5) is 29.3 Å². The molecule has 2 amide bonds. The molecule has 1 aromatic heterocycles. The maximum Gasteiger partial charge on any atom is 0.416 e. The van der Waals surface area contributed by atoms with Crippen molar-refractivity contribution in [3.63, 3.8) is 0 Å². The number of methoxy groups -OCH3 is 1. The van der Waals surface area contributed by atoms with Gasteiger partial charge in [-0.2, -0.15) is 13.2 Å². The molecule has 0 unspecified atom stereocenters. The van der Waals surface area contributed by atoms with E-state index in [1.54, 1.807) is 19.5 Å². The van der Waals surface area contributed by atoms with E-state index in [0.29, 0.717) is 24.4 Å². The van der Waals surface area contributed by atoms with Gasteiger partial charge in [-0.1, -0.05) is 6.07 Å². The van der Waals surface area contributed by atoms with Gasteiger partial charge in [0, 0.05) is 47.9 Å². The molecule has 7 nitrogen and oxygen atoms in total. The molecule has 0 saturated carbocycles. The number of amides is 2. The predicted molar refractivity (Wildman–Crippen MR) is 120 cm³/mol. The second-order valence-corrected chi connectivity index (χ2v) is 6.77. The molecule has 3 aromatic rings. The van der Waals surface area contributed by atoms with Crippen molar-refractivity contribution in [1.82, 2.24) is 4.98 Å². The molecule has 32 heavy (non-hydrogen) atoms. The fourth-order valence-corrected chi connectivity index (χ4v) is 2.95. The number of H-pyrrole nitrogens is 1. The predicted octanol–water partition coefficient (Wildman–Crippen LogP) is 4.85. The second kappa shape index (κ2) is 10.0. The molecular weight excluding hydrogens is 423 g/mol. The first kappa shape index (κ1) is 22.9. The third-order valence-corrected chi connectivity index (χ3v) is 4.57. The van der Waals surface area contributed by atoms with Gasteiger partial charge in [-0.25, -0.2) is 4.79 Å². The first-order valence-corrected chi connectivity index (χ1v) is 9.59. The number of benzene rings is 2. The lowest BCUT2D eigenvalue weighted by Crippen LogP contribution is -2.19. The second-order valence-electron chi connectivity index (χ2n) is 6.77. The number of hydrogen-bond donors (Lipinski definition) is 4. The van der Waals surface area contributed by atoms with Crippen molar-refractivity contribution in [2.45, 2.75) is 6.18 Å². The third-order valence-electron chi connectivity index (χ3n) is 4.57. The van der Waals surface area contributed by atoms with Crippen molar-refractivity contribution in [3.8, 4) is 0 Å². The highest BCUT2D eigenvalue weighted by molar-refractivity contribution is 6.12. The zero-order valence-electron chi connectivity index (χ0n) is 17.2. The number of allylic oxidation sites excluding steroid dienone is 1. The van der Waals surface area contributed by atoms with E-state index in [1.807, 2.05) is 18.2 Å². The number of nitrogens with two attached hydrogens (primary N) is 1. The maximum atomic E-state index is 12.7. The molecule has 0 aliphatic heterocycles. The fourth-order valence-electron chi connectivity index (χ4n) is 2.95. The van der Waals surface area contributed by atoms with Crippen molar-refractivity contribution >= 4 is 40.1 Å². The number of alkyl halides is 3. The summed E-state index contributed by atoms with van der Waals surface area (Å²) in [6.07, 6.45) is 0.277. The van der Waals surface area contributed by atoms with Gasteiger partial charge in [-0.05, 0) is 42.0 Å². The SMILES string of the molecule is COCCN=C/C(=C\N)c1ccc2[nH]cc(NC(=O)Nc3ccc(C(F)(F)F)cc3)c2c1. The molecule has 5 N–H and O–H groups in total.